The van der Waals surface area contributed by atoms with E-state index in [1.54, 1.807) is 36.3 Å². The zero-order valence-corrected chi connectivity index (χ0v) is 14.6. The van der Waals surface area contributed by atoms with E-state index in [1.807, 2.05) is 0 Å². The second kappa shape index (κ2) is 7.99. The van der Waals surface area contributed by atoms with Crippen molar-refractivity contribution in [1.29, 1.82) is 0 Å². The summed E-state index contributed by atoms with van der Waals surface area (Å²) < 4.78 is 18.1. The van der Waals surface area contributed by atoms with Crippen molar-refractivity contribution < 1.29 is 18.7 Å². The molecule has 1 N–H and O–H groups in total. The average Bonchev–Trinajstić information content (AvgIpc) is 2.69. The molecule has 0 unspecified atom stereocenters. The lowest BCUT2D eigenvalue weighted by molar-refractivity contribution is -0.121. The monoisotopic (exact) mass is 356 g/mol. The van der Waals surface area contributed by atoms with E-state index in [-0.39, 0.29) is 23.5 Å². The number of methoxy groups -OCH3 is 1. The van der Waals surface area contributed by atoms with E-state index in [0.717, 1.165) is 11.4 Å². The Kier molecular flexibility index (Phi) is 5.51. The molecule has 0 aliphatic carbocycles. The summed E-state index contributed by atoms with van der Waals surface area (Å²) in [6.45, 7) is 1.02. The van der Waals surface area contributed by atoms with Gasteiger partial charge in [-0.2, -0.15) is 0 Å². The molecule has 5 nitrogen and oxygen atoms in total. The summed E-state index contributed by atoms with van der Waals surface area (Å²) in [4.78, 5) is 26.6. The van der Waals surface area contributed by atoms with Gasteiger partial charge in [-0.05, 0) is 61.4 Å². The zero-order chi connectivity index (χ0) is 18.5. The first-order valence-corrected chi connectivity index (χ1v) is 8.56. The van der Waals surface area contributed by atoms with Crippen molar-refractivity contribution in [2.45, 2.75) is 12.8 Å². The molecule has 0 radical (unpaired) electrons. The maximum Gasteiger partial charge on any atom is 0.253 e. The van der Waals surface area contributed by atoms with E-state index in [4.69, 9.17) is 4.74 Å². The van der Waals surface area contributed by atoms with Gasteiger partial charge >= 0.3 is 0 Å². The Morgan fingerprint density at radius 3 is 2.23 bits per heavy atom. The van der Waals surface area contributed by atoms with Gasteiger partial charge in [0.15, 0.2) is 0 Å². The third-order valence-electron chi connectivity index (χ3n) is 4.60. The third kappa shape index (κ3) is 4.20. The SMILES string of the molecule is COc1ccc(NC(=O)C2CCN(C(=O)c3ccc(F)cc3)CC2)cc1. The van der Waals surface area contributed by atoms with Crippen molar-refractivity contribution >= 4 is 17.5 Å². The number of hydrogen-bond donors (Lipinski definition) is 1. The molecule has 3 rings (SSSR count). The normalized spacial score (nSPS) is 14.8. The number of amides is 2. The van der Waals surface area contributed by atoms with Crippen LogP contribution in [0.3, 0.4) is 0 Å². The first kappa shape index (κ1) is 17.9. The van der Waals surface area contributed by atoms with E-state index in [9.17, 15) is 14.0 Å². The number of carbonyl (C=O) groups is 2. The van der Waals surface area contributed by atoms with E-state index in [2.05, 4.69) is 5.32 Å². The summed E-state index contributed by atoms with van der Waals surface area (Å²) in [6, 6.07) is 12.7. The van der Waals surface area contributed by atoms with Crippen molar-refractivity contribution in [3.05, 3.63) is 59.9 Å². The van der Waals surface area contributed by atoms with Gasteiger partial charge in [-0.3, -0.25) is 9.59 Å². The van der Waals surface area contributed by atoms with Crippen LogP contribution in [0.4, 0.5) is 10.1 Å². The number of hydrogen-bond acceptors (Lipinski definition) is 3. The number of piperidine rings is 1. The van der Waals surface area contributed by atoms with Crippen LogP contribution in [0.25, 0.3) is 0 Å². The summed E-state index contributed by atoms with van der Waals surface area (Å²) in [6.07, 6.45) is 1.21. The predicted molar refractivity (Wildman–Crippen MR) is 96.7 cm³/mol. The van der Waals surface area contributed by atoms with Crippen LogP contribution in [0.2, 0.25) is 0 Å². The van der Waals surface area contributed by atoms with Gasteiger partial charge in [0, 0.05) is 30.3 Å². The number of halogens is 1. The topological polar surface area (TPSA) is 58.6 Å². The second-order valence-electron chi connectivity index (χ2n) is 6.29. The van der Waals surface area contributed by atoms with Crippen molar-refractivity contribution in [2.24, 2.45) is 5.92 Å². The number of anilines is 1. The molecule has 0 saturated carbocycles. The van der Waals surface area contributed by atoms with E-state index in [0.29, 0.717) is 31.5 Å². The van der Waals surface area contributed by atoms with E-state index in [1.165, 1.54) is 24.3 Å². The predicted octanol–water partition coefficient (Wildman–Crippen LogP) is 3.33. The van der Waals surface area contributed by atoms with Crippen molar-refractivity contribution in [2.75, 3.05) is 25.5 Å². The fourth-order valence-electron chi connectivity index (χ4n) is 3.04. The highest BCUT2D eigenvalue weighted by atomic mass is 19.1. The number of benzene rings is 2. The number of likely N-dealkylation sites (tertiary alicyclic amines) is 1. The number of nitrogens with zero attached hydrogens (tertiary/aromatic N) is 1. The quantitative estimate of drug-likeness (QED) is 0.914. The Morgan fingerprint density at radius 2 is 1.65 bits per heavy atom. The molecule has 1 aliphatic rings. The third-order valence-corrected chi connectivity index (χ3v) is 4.60. The second-order valence-corrected chi connectivity index (χ2v) is 6.29. The van der Waals surface area contributed by atoms with Crippen LogP contribution in [-0.4, -0.2) is 36.9 Å². The fraction of sp³-hybridized carbons (Fsp3) is 0.300. The van der Waals surface area contributed by atoms with Crippen LogP contribution in [0.5, 0.6) is 5.75 Å². The molecule has 2 aromatic carbocycles. The minimum Gasteiger partial charge on any atom is -0.497 e. The first-order chi connectivity index (χ1) is 12.6. The molecular formula is C20H21FN2O3. The number of carbonyl (C=O) groups excluding carboxylic acids is 2. The largest absolute Gasteiger partial charge is 0.497 e. The summed E-state index contributed by atoms with van der Waals surface area (Å²) in [7, 11) is 1.59. The summed E-state index contributed by atoms with van der Waals surface area (Å²) >= 11 is 0. The minimum atomic E-state index is -0.365. The standard InChI is InChI=1S/C20H21FN2O3/c1-26-18-8-6-17(7-9-18)22-19(24)14-10-12-23(13-11-14)20(25)15-2-4-16(21)5-3-15/h2-9,14H,10-13H2,1H3,(H,22,24). The van der Waals surface area contributed by atoms with Crippen molar-refractivity contribution in [3.63, 3.8) is 0 Å². The summed E-state index contributed by atoms with van der Waals surface area (Å²) in [5, 5.41) is 2.91. The molecule has 1 aliphatic heterocycles. The minimum absolute atomic E-state index is 0.0379. The molecule has 136 valence electrons. The number of nitrogens with one attached hydrogen (secondary N) is 1. The molecule has 0 bridgehead atoms. The van der Waals surface area contributed by atoms with Gasteiger partial charge < -0.3 is 15.0 Å². The van der Waals surface area contributed by atoms with Gasteiger partial charge in [-0.1, -0.05) is 0 Å². The highest BCUT2D eigenvalue weighted by Gasteiger charge is 2.27. The Balaban J connectivity index is 1.53. The van der Waals surface area contributed by atoms with E-state index >= 15 is 0 Å². The van der Waals surface area contributed by atoms with Crippen LogP contribution in [0, 0.1) is 11.7 Å². The summed E-state index contributed by atoms with van der Waals surface area (Å²) in [5.74, 6) is 0.0727. The highest BCUT2D eigenvalue weighted by Crippen LogP contribution is 2.22. The molecule has 0 aromatic heterocycles. The smallest absolute Gasteiger partial charge is 0.253 e. The van der Waals surface area contributed by atoms with Crippen molar-refractivity contribution in [3.8, 4) is 5.75 Å². The number of rotatable bonds is 4. The maximum absolute atomic E-state index is 13.0. The molecule has 1 fully saturated rings. The first-order valence-electron chi connectivity index (χ1n) is 8.56. The van der Waals surface area contributed by atoms with Crippen LogP contribution < -0.4 is 10.1 Å². The molecule has 1 heterocycles. The lowest BCUT2D eigenvalue weighted by Gasteiger charge is -2.31. The Labute approximate surface area is 151 Å². The van der Waals surface area contributed by atoms with Gasteiger partial charge in [-0.15, -0.1) is 0 Å². The molecule has 1 saturated heterocycles. The molecule has 0 atom stereocenters. The maximum atomic E-state index is 13.0. The molecule has 0 spiro atoms. The Morgan fingerprint density at radius 1 is 1.04 bits per heavy atom. The van der Waals surface area contributed by atoms with Crippen LogP contribution in [0.15, 0.2) is 48.5 Å². The fourth-order valence-corrected chi connectivity index (χ4v) is 3.04. The zero-order valence-electron chi connectivity index (χ0n) is 14.6. The van der Waals surface area contributed by atoms with Gasteiger partial charge in [0.1, 0.15) is 11.6 Å². The van der Waals surface area contributed by atoms with Gasteiger partial charge in [0.05, 0.1) is 7.11 Å². The average molecular weight is 356 g/mol. The van der Waals surface area contributed by atoms with Gasteiger partial charge in [-0.25, -0.2) is 4.39 Å². The van der Waals surface area contributed by atoms with Crippen LogP contribution in [0.1, 0.15) is 23.2 Å². The van der Waals surface area contributed by atoms with E-state index < -0.39 is 0 Å². The molecular weight excluding hydrogens is 335 g/mol. The lowest BCUT2D eigenvalue weighted by Crippen LogP contribution is -2.41. The Bertz CT molecular complexity index is 767. The number of ether oxygens (including phenoxy) is 1. The van der Waals surface area contributed by atoms with Gasteiger partial charge in [0.25, 0.3) is 5.91 Å². The molecule has 2 amide bonds. The summed E-state index contributed by atoms with van der Waals surface area (Å²) in [5.41, 5.74) is 1.19. The van der Waals surface area contributed by atoms with Gasteiger partial charge in [0.2, 0.25) is 5.91 Å². The highest BCUT2D eigenvalue weighted by molar-refractivity contribution is 5.95. The van der Waals surface area contributed by atoms with Crippen LogP contribution >= 0.6 is 0 Å². The lowest BCUT2D eigenvalue weighted by atomic mass is 9.95. The molecule has 2 aromatic rings. The van der Waals surface area contributed by atoms with Crippen LogP contribution in [-0.2, 0) is 4.79 Å². The molecule has 26 heavy (non-hydrogen) atoms. The Hall–Kier alpha value is -2.89. The molecule has 6 heteroatoms. The van der Waals surface area contributed by atoms with Crippen molar-refractivity contribution in [1.82, 2.24) is 4.90 Å².